The highest BCUT2D eigenvalue weighted by molar-refractivity contribution is 7.08. The number of hydrogen-bond acceptors (Lipinski definition) is 9. The first-order valence-corrected chi connectivity index (χ1v) is 9.16. The third kappa shape index (κ3) is 3.58. The monoisotopic (exact) mass is 409 g/mol. The number of amides is 6. The van der Waals surface area contributed by atoms with E-state index in [2.05, 4.69) is 5.32 Å². The number of ether oxygens (including phenoxy) is 1. The average Bonchev–Trinajstić information content (AvgIpc) is 3.35. The van der Waals surface area contributed by atoms with E-state index >= 15 is 0 Å². The van der Waals surface area contributed by atoms with E-state index < -0.39 is 41.6 Å². The predicted octanol–water partition coefficient (Wildman–Crippen LogP) is 0.357. The van der Waals surface area contributed by atoms with Gasteiger partial charge in [-0.3, -0.25) is 30.3 Å². The molecule has 0 spiro atoms. The zero-order valence-electron chi connectivity index (χ0n) is 13.3. The Morgan fingerprint density at radius 3 is 2.04 bits per heavy atom. The van der Waals surface area contributed by atoms with E-state index in [9.17, 15) is 29.1 Å². The highest BCUT2D eigenvalue weighted by Gasteiger charge is 2.50. The molecule has 10 nitrogen and oxygen atoms in total. The van der Waals surface area contributed by atoms with Crippen molar-refractivity contribution in [2.75, 3.05) is 0 Å². The average molecular weight is 409 g/mol. The van der Waals surface area contributed by atoms with Crippen LogP contribution in [0.5, 0.6) is 0 Å². The Bertz CT molecular complexity index is 888. The number of rotatable bonds is 2. The Hall–Kier alpha value is -3.09. The maximum atomic E-state index is 11.4. The van der Waals surface area contributed by atoms with Crippen LogP contribution in [0.15, 0.2) is 33.7 Å². The van der Waals surface area contributed by atoms with E-state index in [1.54, 1.807) is 16.8 Å². The van der Waals surface area contributed by atoms with Gasteiger partial charge in [0.05, 0.1) is 0 Å². The fraction of sp³-hybridized carbons (Fsp3) is 0.133. The lowest BCUT2D eigenvalue weighted by Gasteiger charge is -2.28. The molecule has 1 unspecified atom stereocenters. The van der Waals surface area contributed by atoms with E-state index in [0.717, 1.165) is 5.56 Å². The van der Waals surface area contributed by atoms with Gasteiger partial charge >= 0.3 is 12.1 Å². The van der Waals surface area contributed by atoms with Gasteiger partial charge in [-0.2, -0.15) is 22.7 Å². The summed E-state index contributed by atoms with van der Waals surface area (Å²) in [7, 11) is 0. The minimum Gasteiger partial charge on any atom is -0.431 e. The van der Waals surface area contributed by atoms with Gasteiger partial charge in [0.25, 0.3) is 17.7 Å². The molecule has 2 aromatic heterocycles. The lowest BCUT2D eigenvalue weighted by Crippen LogP contribution is -2.64. The van der Waals surface area contributed by atoms with E-state index in [1.807, 2.05) is 16.0 Å². The SMILES string of the molecule is O=C1NC(=O)C(O)(c2ccsc2)C(=O)N1.O=C1NC(=O)C(c2ccsc2)O1. The molecule has 0 aliphatic carbocycles. The molecule has 2 aliphatic rings. The maximum Gasteiger partial charge on any atom is 0.415 e. The van der Waals surface area contributed by atoms with Crippen LogP contribution in [0.1, 0.15) is 17.2 Å². The quantitative estimate of drug-likeness (QED) is 0.523. The van der Waals surface area contributed by atoms with Crippen molar-refractivity contribution in [3.63, 3.8) is 0 Å². The van der Waals surface area contributed by atoms with Gasteiger partial charge in [-0.25, -0.2) is 9.59 Å². The minimum absolute atomic E-state index is 0.148. The second kappa shape index (κ2) is 7.26. The first-order chi connectivity index (χ1) is 12.8. The van der Waals surface area contributed by atoms with Gasteiger partial charge in [0.15, 0.2) is 0 Å². The van der Waals surface area contributed by atoms with Crippen molar-refractivity contribution in [2.45, 2.75) is 11.7 Å². The van der Waals surface area contributed by atoms with Gasteiger partial charge in [0, 0.05) is 11.1 Å². The molecule has 140 valence electrons. The Morgan fingerprint density at radius 1 is 0.926 bits per heavy atom. The van der Waals surface area contributed by atoms with Crippen LogP contribution in [0.3, 0.4) is 0 Å². The zero-order chi connectivity index (χ0) is 19.6. The number of aliphatic hydroxyl groups is 1. The van der Waals surface area contributed by atoms with Gasteiger partial charge in [-0.05, 0) is 33.7 Å². The molecule has 12 heteroatoms. The van der Waals surface area contributed by atoms with Gasteiger partial charge < -0.3 is 9.84 Å². The highest BCUT2D eigenvalue weighted by atomic mass is 32.1. The van der Waals surface area contributed by atoms with Gasteiger partial charge in [-0.15, -0.1) is 0 Å². The van der Waals surface area contributed by atoms with Crippen LogP contribution >= 0.6 is 22.7 Å². The number of thiophene rings is 2. The molecule has 4 N–H and O–H groups in total. The lowest BCUT2D eigenvalue weighted by atomic mass is 9.93. The smallest absolute Gasteiger partial charge is 0.415 e. The molecule has 0 aromatic carbocycles. The van der Waals surface area contributed by atoms with E-state index in [1.165, 1.54) is 34.1 Å². The Labute approximate surface area is 159 Å². The van der Waals surface area contributed by atoms with Crippen molar-refractivity contribution in [1.29, 1.82) is 0 Å². The molecule has 4 heterocycles. The largest absolute Gasteiger partial charge is 0.431 e. The fourth-order valence-corrected chi connectivity index (χ4v) is 3.63. The predicted molar refractivity (Wildman–Crippen MR) is 91.6 cm³/mol. The van der Waals surface area contributed by atoms with E-state index in [-0.39, 0.29) is 5.56 Å². The first-order valence-electron chi connectivity index (χ1n) is 7.28. The molecule has 27 heavy (non-hydrogen) atoms. The molecule has 0 bridgehead atoms. The summed E-state index contributed by atoms with van der Waals surface area (Å²) in [4.78, 5) is 55.2. The molecule has 6 amide bonds. The summed E-state index contributed by atoms with van der Waals surface area (Å²) in [5, 5.41) is 22.3. The number of cyclic esters (lactones) is 1. The highest BCUT2D eigenvalue weighted by Crippen LogP contribution is 2.26. The molecule has 0 saturated carbocycles. The second-order valence-corrected chi connectivity index (χ2v) is 6.85. The summed E-state index contributed by atoms with van der Waals surface area (Å²) >= 11 is 2.69. The zero-order valence-corrected chi connectivity index (χ0v) is 14.9. The molecule has 2 fully saturated rings. The van der Waals surface area contributed by atoms with Gasteiger partial charge in [0.2, 0.25) is 11.7 Å². The Balaban J connectivity index is 0.000000159. The van der Waals surface area contributed by atoms with Crippen LogP contribution in [0, 0.1) is 0 Å². The molecular formula is C15H11N3O7S2. The number of imide groups is 3. The second-order valence-electron chi connectivity index (χ2n) is 5.29. The van der Waals surface area contributed by atoms with Crippen molar-refractivity contribution in [2.24, 2.45) is 0 Å². The summed E-state index contributed by atoms with van der Waals surface area (Å²) in [6.45, 7) is 0. The summed E-state index contributed by atoms with van der Waals surface area (Å²) in [5.74, 6) is -2.46. The standard InChI is InChI=1S/C8H6N2O4S.C7H5NO3S/c11-5-8(14,4-1-2-15-3-4)6(12)10-7(13)9-5;9-6-5(11-7(10)8-6)4-1-2-12-3-4/h1-3,14H,(H2,9,10,11,12,13);1-3,5H,(H,8,9,10). The molecule has 0 radical (unpaired) electrons. The Kier molecular flexibility index (Phi) is 5.03. The number of hydrogen-bond donors (Lipinski definition) is 4. The van der Waals surface area contributed by atoms with Crippen molar-refractivity contribution in [3.05, 3.63) is 44.8 Å². The van der Waals surface area contributed by atoms with Crippen LogP contribution in [-0.4, -0.2) is 35.0 Å². The molecular weight excluding hydrogens is 398 g/mol. The molecule has 2 aliphatic heterocycles. The lowest BCUT2D eigenvalue weighted by molar-refractivity contribution is -0.155. The summed E-state index contributed by atoms with van der Waals surface area (Å²) in [6, 6.07) is 2.28. The molecule has 4 rings (SSSR count). The fourth-order valence-electron chi connectivity index (χ4n) is 2.25. The third-order valence-corrected chi connectivity index (χ3v) is 4.97. The topological polar surface area (TPSA) is 151 Å². The number of nitrogens with one attached hydrogen (secondary N) is 3. The molecule has 1 atom stereocenters. The van der Waals surface area contributed by atoms with E-state index in [4.69, 9.17) is 4.74 Å². The van der Waals surface area contributed by atoms with Gasteiger partial charge in [0.1, 0.15) is 0 Å². The number of alkyl carbamates (subject to hydrolysis) is 1. The summed E-state index contributed by atoms with van der Waals surface area (Å²) in [5.41, 5.74) is -1.44. The van der Waals surface area contributed by atoms with Crippen molar-refractivity contribution >= 4 is 52.5 Å². The van der Waals surface area contributed by atoms with Crippen LogP contribution in [0.4, 0.5) is 9.59 Å². The van der Waals surface area contributed by atoms with Crippen LogP contribution < -0.4 is 16.0 Å². The van der Waals surface area contributed by atoms with Crippen LogP contribution in [-0.2, 0) is 24.7 Å². The number of carbonyl (C=O) groups excluding carboxylic acids is 5. The number of barbiturate groups is 1. The van der Waals surface area contributed by atoms with Crippen LogP contribution in [0.2, 0.25) is 0 Å². The summed E-state index contributed by atoms with van der Waals surface area (Å²) < 4.78 is 4.73. The molecule has 2 aromatic rings. The van der Waals surface area contributed by atoms with Crippen molar-refractivity contribution < 1.29 is 33.8 Å². The maximum absolute atomic E-state index is 11.4. The van der Waals surface area contributed by atoms with Crippen LogP contribution in [0.25, 0.3) is 0 Å². The normalized spacial score (nSPS) is 20.8. The third-order valence-electron chi connectivity index (χ3n) is 3.58. The van der Waals surface area contributed by atoms with Gasteiger partial charge in [-0.1, -0.05) is 0 Å². The van der Waals surface area contributed by atoms with E-state index in [0.29, 0.717) is 0 Å². The summed E-state index contributed by atoms with van der Waals surface area (Å²) in [6.07, 6.45) is -1.42. The Morgan fingerprint density at radius 2 is 1.56 bits per heavy atom. The minimum atomic E-state index is -2.31. The van der Waals surface area contributed by atoms with Crippen molar-refractivity contribution in [3.8, 4) is 0 Å². The number of urea groups is 1. The first kappa shape index (κ1) is 18.7. The molecule has 2 saturated heterocycles. The van der Waals surface area contributed by atoms with Crippen molar-refractivity contribution in [1.82, 2.24) is 16.0 Å². The number of carbonyl (C=O) groups is 5.